The maximum absolute atomic E-state index is 13.0. The first kappa shape index (κ1) is 21.4. The Hall–Kier alpha value is -2.34. The van der Waals surface area contributed by atoms with Gasteiger partial charge in [-0.15, -0.1) is 0 Å². The molecule has 2 aromatic rings. The molecule has 6 heteroatoms. The van der Waals surface area contributed by atoms with Crippen LogP contribution in [0.2, 0.25) is 0 Å². The zero-order chi connectivity index (χ0) is 20.6. The highest BCUT2D eigenvalue weighted by molar-refractivity contribution is 9.10. The van der Waals surface area contributed by atoms with Gasteiger partial charge in [-0.1, -0.05) is 53.2 Å². The summed E-state index contributed by atoms with van der Waals surface area (Å²) in [6.45, 7) is 3.38. The Kier molecular flexibility index (Phi) is 7.69. The molecule has 1 saturated heterocycles. The molecule has 0 aromatic heterocycles. The standard InChI is InChI=1S/C23H27BrN2O3/c1-2-21(17-6-4-3-5-7-17)23(28)26-14-12-19(13-15-26)25-22(27)16-29-20-10-8-18(24)9-11-20/h3-11,19,21H,2,12-16H2,1H3,(H,25,27). The molecule has 0 saturated carbocycles. The maximum Gasteiger partial charge on any atom is 0.258 e. The van der Waals surface area contributed by atoms with Gasteiger partial charge in [0.05, 0.1) is 5.92 Å². The number of benzene rings is 2. The first-order valence-electron chi connectivity index (χ1n) is 10.1. The number of carbonyl (C=O) groups is 2. The zero-order valence-corrected chi connectivity index (χ0v) is 18.2. The van der Waals surface area contributed by atoms with Crippen LogP contribution >= 0.6 is 15.9 Å². The van der Waals surface area contributed by atoms with E-state index in [1.165, 1.54) is 0 Å². The highest BCUT2D eigenvalue weighted by Gasteiger charge is 2.28. The Morgan fingerprint density at radius 1 is 1.10 bits per heavy atom. The van der Waals surface area contributed by atoms with Gasteiger partial charge in [0, 0.05) is 23.6 Å². The number of halogens is 1. The van der Waals surface area contributed by atoms with Gasteiger partial charge in [0.25, 0.3) is 5.91 Å². The largest absolute Gasteiger partial charge is 0.484 e. The normalized spacial score (nSPS) is 15.6. The minimum atomic E-state index is -0.131. The smallest absolute Gasteiger partial charge is 0.258 e. The summed E-state index contributed by atoms with van der Waals surface area (Å²) >= 11 is 3.37. The molecule has 29 heavy (non-hydrogen) atoms. The van der Waals surface area contributed by atoms with E-state index in [1.54, 1.807) is 0 Å². The fourth-order valence-electron chi connectivity index (χ4n) is 3.65. The molecule has 3 rings (SSSR count). The van der Waals surface area contributed by atoms with E-state index < -0.39 is 0 Å². The van der Waals surface area contributed by atoms with Gasteiger partial charge < -0.3 is 15.0 Å². The summed E-state index contributed by atoms with van der Waals surface area (Å²) < 4.78 is 6.49. The number of amides is 2. The van der Waals surface area contributed by atoms with Crippen LogP contribution in [0.4, 0.5) is 0 Å². The lowest BCUT2D eigenvalue weighted by molar-refractivity contribution is -0.134. The molecule has 1 aliphatic heterocycles. The first-order valence-corrected chi connectivity index (χ1v) is 10.9. The summed E-state index contributed by atoms with van der Waals surface area (Å²) in [4.78, 5) is 27.1. The molecule has 0 bridgehead atoms. The fraction of sp³-hybridized carbons (Fsp3) is 0.391. The molecule has 1 N–H and O–H groups in total. The third-order valence-corrected chi connectivity index (χ3v) is 5.79. The number of nitrogens with zero attached hydrogens (tertiary/aromatic N) is 1. The fourth-order valence-corrected chi connectivity index (χ4v) is 3.92. The summed E-state index contributed by atoms with van der Waals surface area (Å²) in [7, 11) is 0. The van der Waals surface area contributed by atoms with Crippen LogP contribution in [-0.2, 0) is 9.59 Å². The third kappa shape index (κ3) is 6.07. The summed E-state index contributed by atoms with van der Waals surface area (Å²) in [5, 5.41) is 3.02. The second-order valence-corrected chi connectivity index (χ2v) is 8.20. The molecular formula is C23H27BrN2O3. The average Bonchev–Trinajstić information content (AvgIpc) is 2.75. The van der Waals surface area contributed by atoms with Crippen molar-refractivity contribution in [3.63, 3.8) is 0 Å². The van der Waals surface area contributed by atoms with Crippen LogP contribution in [0.3, 0.4) is 0 Å². The van der Waals surface area contributed by atoms with Gasteiger partial charge in [-0.2, -0.15) is 0 Å². The molecule has 0 spiro atoms. The maximum atomic E-state index is 13.0. The highest BCUT2D eigenvalue weighted by atomic mass is 79.9. The van der Waals surface area contributed by atoms with Crippen molar-refractivity contribution in [2.45, 2.75) is 38.1 Å². The number of hydrogen-bond acceptors (Lipinski definition) is 3. The lowest BCUT2D eigenvalue weighted by atomic mass is 9.93. The van der Waals surface area contributed by atoms with E-state index in [9.17, 15) is 9.59 Å². The van der Waals surface area contributed by atoms with Crippen LogP contribution < -0.4 is 10.1 Å². The van der Waals surface area contributed by atoms with E-state index in [4.69, 9.17) is 4.74 Å². The summed E-state index contributed by atoms with van der Waals surface area (Å²) in [6.07, 6.45) is 2.31. The minimum absolute atomic E-state index is 0.00725. The minimum Gasteiger partial charge on any atom is -0.484 e. The number of rotatable bonds is 7. The second kappa shape index (κ2) is 10.4. The molecule has 2 amide bonds. The zero-order valence-electron chi connectivity index (χ0n) is 16.6. The molecule has 1 unspecified atom stereocenters. The SMILES string of the molecule is CCC(C(=O)N1CCC(NC(=O)COc2ccc(Br)cc2)CC1)c1ccccc1. The predicted molar refractivity (Wildman–Crippen MR) is 117 cm³/mol. The van der Waals surface area contributed by atoms with E-state index in [0.29, 0.717) is 18.8 Å². The van der Waals surface area contributed by atoms with Crippen molar-refractivity contribution < 1.29 is 14.3 Å². The van der Waals surface area contributed by atoms with Crippen molar-refractivity contribution >= 4 is 27.7 Å². The number of nitrogens with one attached hydrogen (secondary N) is 1. The Morgan fingerprint density at radius 3 is 2.38 bits per heavy atom. The Labute approximate surface area is 180 Å². The summed E-state index contributed by atoms with van der Waals surface area (Å²) in [5.74, 6) is 0.618. The molecule has 1 fully saturated rings. The molecular weight excluding hydrogens is 432 g/mol. The molecule has 0 radical (unpaired) electrons. The van der Waals surface area contributed by atoms with Crippen LogP contribution in [0.5, 0.6) is 5.75 Å². The predicted octanol–water partition coefficient (Wildman–Crippen LogP) is 4.13. The van der Waals surface area contributed by atoms with E-state index in [-0.39, 0.29) is 30.4 Å². The molecule has 154 valence electrons. The number of piperidine rings is 1. The van der Waals surface area contributed by atoms with E-state index in [2.05, 4.69) is 21.2 Å². The first-order chi connectivity index (χ1) is 14.1. The van der Waals surface area contributed by atoms with Crippen LogP contribution in [0.1, 0.15) is 37.7 Å². The Morgan fingerprint density at radius 2 is 1.76 bits per heavy atom. The van der Waals surface area contributed by atoms with Gasteiger partial charge in [0.2, 0.25) is 5.91 Å². The second-order valence-electron chi connectivity index (χ2n) is 7.28. The van der Waals surface area contributed by atoms with Crippen LogP contribution in [0, 0.1) is 0 Å². The number of carbonyl (C=O) groups excluding carboxylic acids is 2. The van der Waals surface area contributed by atoms with Gasteiger partial charge in [-0.05, 0) is 49.1 Å². The van der Waals surface area contributed by atoms with Crippen LogP contribution in [0.15, 0.2) is 59.1 Å². The monoisotopic (exact) mass is 458 g/mol. The molecule has 1 atom stereocenters. The lowest BCUT2D eigenvalue weighted by Gasteiger charge is -2.34. The van der Waals surface area contributed by atoms with Gasteiger partial charge in [0.15, 0.2) is 6.61 Å². The summed E-state index contributed by atoms with van der Waals surface area (Å²) in [6, 6.07) is 17.4. The molecule has 1 aliphatic rings. The van der Waals surface area contributed by atoms with E-state index in [0.717, 1.165) is 29.3 Å². The Balaban J connectivity index is 1.44. The number of likely N-dealkylation sites (tertiary alicyclic amines) is 1. The van der Waals surface area contributed by atoms with Gasteiger partial charge >= 0.3 is 0 Å². The molecule has 0 aliphatic carbocycles. The van der Waals surface area contributed by atoms with E-state index in [1.807, 2.05) is 66.4 Å². The number of ether oxygens (including phenoxy) is 1. The summed E-state index contributed by atoms with van der Waals surface area (Å²) in [5.41, 5.74) is 1.07. The topological polar surface area (TPSA) is 58.6 Å². The quantitative estimate of drug-likeness (QED) is 0.678. The van der Waals surface area contributed by atoms with E-state index >= 15 is 0 Å². The number of hydrogen-bond donors (Lipinski definition) is 1. The van der Waals surface area contributed by atoms with Crippen LogP contribution in [-0.4, -0.2) is 42.5 Å². The molecule has 5 nitrogen and oxygen atoms in total. The average molecular weight is 459 g/mol. The molecule has 1 heterocycles. The Bertz CT molecular complexity index is 803. The van der Waals surface area contributed by atoms with Crippen molar-refractivity contribution in [1.82, 2.24) is 10.2 Å². The highest BCUT2D eigenvalue weighted by Crippen LogP contribution is 2.24. The molecule has 2 aromatic carbocycles. The van der Waals surface area contributed by atoms with Gasteiger partial charge in [-0.3, -0.25) is 9.59 Å². The van der Waals surface area contributed by atoms with Crippen molar-refractivity contribution in [2.75, 3.05) is 19.7 Å². The van der Waals surface area contributed by atoms with Crippen LogP contribution in [0.25, 0.3) is 0 Å². The van der Waals surface area contributed by atoms with Gasteiger partial charge in [0.1, 0.15) is 5.75 Å². The third-order valence-electron chi connectivity index (χ3n) is 5.26. The van der Waals surface area contributed by atoms with Crippen molar-refractivity contribution in [1.29, 1.82) is 0 Å². The van der Waals surface area contributed by atoms with Crippen molar-refractivity contribution in [2.24, 2.45) is 0 Å². The van der Waals surface area contributed by atoms with Gasteiger partial charge in [-0.25, -0.2) is 0 Å². The van der Waals surface area contributed by atoms with Crippen molar-refractivity contribution in [3.8, 4) is 5.75 Å². The van der Waals surface area contributed by atoms with Crippen molar-refractivity contribution in [3.05, 3.63) is 64.6 Å². The lowest BCUT2D eigenvalue weighted by Crippen LogP contribution is -2.48.